The first-order valence-corrected chi connectivity index (χ1v) is 13.3. The molecule has 1 atom stereocenters. The molecular formula is C30H51NO. The van der Waals surface area contributed by atoms with Crippen molar-refractivity contribution in [2.75, 3.05) is 0 Å². The van der Waals surface area contributed by atoms with Crippen LogP contribution in [-0.4, -0.2) is 5.91 Å². The lowest BCUT2D eigenvalue weighted by atomic mass is 9.97. The summed E-state index contributed by atoms with van der Waals surface area (Å²) < 4.78 is 0. The van der Waals surface area contributed by atoms with Crippen molar-refractivity contribution in [3.05, 3.63) is 60.8 Å². The molecule has 0 heterocycles. The van der Waals surface area contributed by atoms with Crippen molar-refractivity contribution in [2.45, 2.75) is 117 Å². The summed E-state index contributed by atoms with van der Waals surface area (Å²) in [5.41, 5.74) is 5.40. The fourth-order valence-corrected chi connectivity index (χ4v) is 3.74. The highest BCUT2D eigenvalue weighted by atomic mass is 16.1. The maximum atomic E-state index is 11.2. The minimum atomic E-state index is -0.121. The Morgan fingerprint density at radius 1 is 0.594 bits per heavy atom. The molecule has 0 fully saturated rings. The van der Waals surface area contributed by atoms with Gasteiger partial charge in [0, 0.05) is 5.92 Å². The van der Waals surface area contributed by atoms with Crippen molar-refractivity contribution in [3.8, 4) is 0 Å². The van der Waals surface area contributed by atoms with Crippen LogP contribution in [0.2, 0.25) is 0 Å². The summed E-state index contributed by atoms with van der Waals surface area (Å²) in [6, 6.07) is 0. The Kier molecular flexibility index (Phi) is 24.0. The van der Waals surface area contributed by atoms with E-state index < -0.39 is 0 Å². The van der Waals surface area contributed by atoms with E-state index in [1.165, 1.54) is 77.0 Å². The molecule has 0 aromatic rings. The third-order valence-corrected chi connectivity index (χ3v) is 5.85. The van der Waals surface area contributed by atoms with Crippen molar-refractivity contribution in [3.63, 3.8) is 0 Å². The van der Waals surface area contributed by atoms with Crippen molar-refractivity contribution < 1.29 is 4.79 Å². The first-order chi connectivity index (χ1) is 15.7. The number of amides is 1. The van der Waals surface area contributed by atoms with E-state index in [0.717, 1.165) is 25.7 Å². The van der Waals surface area contributed by atoms with E-state index in [1.807, 2.05) is 0 Å². The predicted molar refractivity (Wildman–Crippen MR) is 144 cm³/mol. The van der Waals surface area contributed by atoms with E-state index in [4.69, 9.17) is 5.73 Å². The SMILES string of the molecule is CCC=CC=CC=CC=CC=CCCCCCCCCCCCCCCC(CC)C(N)=O. The molecule has 0 saturated heterocycles. The van der Waals surface area contributed by atoms with E-state index in [-0.39, 0.29) is 11.8 Å². The molecular weight excluding hydrogens is 390 g/mol. The summed E-state index contributed by atoms with van der Waals surface area (Å²) in [6.07, 6.45) is 41.2. The van der Waals surface area contributed by atoms with Gasteiger partial charge in [-0.25, -0.2) is 0 Å². The van der Waals surface area contributed by atoms with E-state index in [2.05, 4.69) is 74.6 Å². The van der Waals surface area contributed by atoms with Gasteiger partial charge in [-0.05, 0) is 32.1 Å². The van der Waals surface area contributed by atoms with Gasteiger partial charge >= 0.3 is 0 Å². The van der Waals surface area contributed by atoms with Crippen LogP contribution >= 0.6 is 0 Å². The molecule has 0 rings (SSSR count). The molecule has 1 unspecified atom stereocenters. The van der Waals surface area contributed by atoms with Crippen LogP contribution in [-0.2, 0) is 4.79 Å². The van der Waals surface area contributed by atoms with E-state index in [0.29, 0.717) is 0 Å². The normalized spacial score (nSPS) is 13.6. The number of primary amides is 1. The van der Waals surface area contributed by atoms with Crippen molar-refractivity contribution >= 4 is 5.91 Å². The number of allylic oxidation sites excluding steroid dienone is 10. The molecule has 0 saturated carbocycles. The first-order valence-electron chi connectivity index (χ1n) is 13.3. The molecule has 0 aromatic carbocycles. The van der Waals surface area contributed by atoms with Crippen LogP contribution in [0, 0.1) is 5.92 Å². The van der Waals surface area contributed by atoms with Crippen LogP contribution in [0.15, 0.2) is 60.8 Å². The summed E-state index contributed by atoms with van der Waals surface area (Å²) >= 11 is 0. The van der Waals surface area contributed by atoms with Gasteiger partial charge in [-0.15, -0.1) is 0 Å². The van der Waals surface area contributed by atoms with Crippen LogP contribution in [0.3, 0.4) is 0 Å². The van der Waals surface area contributed by atoms with Crippen molar-refractivity contribution in [2.24, 2.45) is 11.7 Å². The summed E-state index contributed by atoms with van der Waals surface area (Å²) in [4.78, 5) is 11.2. The Labute approximate surface area is 199 Å². The molecule has 0 bridgehead atoms. The maximum Gasteiger partial charge on any atom is 0.220 e. The number of rotatable bonds is 22. The average molecular weight is 442 g/mol. The van der Waals surface area contributed by atoms with Gasteiger partial charge in [0.25, 0.3) is 0 Å². The zero-order valence-corrected chi connectivity index (χ0v) is 21.2. The predicted octanol–water partition coefficient (Wildman–Crippen LogP) is 9.15. The Bertz CT molecular complexity index is 553. The minimum Gasteiger partial charge on any atom is -0.369 e. The third-order valence-electron chi connectivity index (χ3n) is 5.85. The molecule has 0 radical (unpaired) electrons. The number of unbranched alkanes of at least 4 members (excludes halogenated alkanes) is 12. The molecule has 0 aliphatic heterocycles. The Hall–Kier alpha value is -1.83. The van der Waals surface area contributed by atoms with E-state index in [9.17, 15) is 4.79 Å². The molecule has 0 aromatic heterocycles. The molecule has 0 spiro atoms. The number of hydrogen-bond donors (Lipinski definition) is 1. The lowest BCUT2D eigenvalue weighted by Crippen LogP contribution is -2.22. The van der Waals surface area contributed by atoms with Gasteiger partial charge in [0.1, 0.15) is 0 Å². The zero-order valence-electron chi connectivity index (χ0n) is 21.2. The van der Waals surface area contributed by atoms with Crippen LogP contribution in [0.5, 0.6) is 0 Å². The molecule has 182 valence electrons. The van der Waals surface area contributed by atoms with Gasteiger partial charge in [-0.3, -0.25) is 4.79 Å². The number of carbonyl (C=O) groups is 1. The Balaban J connectivity index is 3.34. The second-order valence-corrected chi connectivity index (χ2v) is 8.75. The summed E-state index contributed by atoms with van der Waals surface area (Å²) in [6.45, 7) is 4.19. The molecule has 0 aliphatic carbocycles. The molecule has 0 aliphatic rings. The van der Waals surface area contributed by atoms with Gasteiger partial charge in [0.2, 0.25) is 5.91 Å². The number of carbonyl (C=O) groups excluding carboxylic acids is 1. The lowest BCUT2D eigenvalue weighted by Gasteiger charge is -2.09. The van der Waals surface area contributed by atoms with Crippen LogP contribution in [0.1, 0.15) is 117 Å². The van der Waals surface area contributed by atoms with E-state index >= 15 is 0 Å². The second-order valence-electron chi connectivity index (χ2n) is 8.75. The quantitative estimate of drug-likeness (QED) is 0.132. The molecule has 32 heavy (non-hydrogen) atoms. The molecule has 1 amide bonds. The van der Waals surface area contributed by atoms with Crippen LogP contribution in [0.25, 0.3) is 0 Å². The lowest BCUT2D eigenvalue weighted by molar-refractivity contribution is -0.122. The van der Waals surface area contributed by atoms with Gasteiger partial charge < -0.3 is 5.73 Å². The van der Waals surface area contributed by atoms with Crippen LogP contribution in [0.4, 0.5) is 0 Å². The molecule has 2 N–H and O–H groups in total. The summed E-state index contributed by atoms with van der Waals surface area (Å²) in [5, 5.41) is 0. The minimum absolute atomic E-state index is 0.0936. The smallest absolute Gasteiger partial charge is 0.220 e. The monoisotopic (exact) mass is 441 g/mol. The number of nitrogens with two attached hydrogens (primary N) is 1. The standard InChI is InChI=1S/C30H51NO/c1-3-5-6-7-8-9-10-11-12-13-14-15-16-17-18-19-20-21-22-23-24-25-26-27-28-29(4-2)30(31)32/h5-14,29H,3-4,15-28H2,1-2H3,(H2,31,32). The summed E-state index contributed by atoms with van der Waals surface area (Å²) in [7, 11) is 0. The third kappa shape index (κ3) is 22.8. The Morgan fingerprint density at radius 2 is 1.00 bits per heavy atom. The fraction of sp³-hybridized carbons (Fsp3) is 0.633. The maximum absolute atomic E-state index is 11.2. The fourth-order valence-electron chi connectivity index (χ4n) is 3.74. The average Bonchev–Trinajstić information content (AvgIpc) is 2.79. The van der Waals surface area contributed by atoms with Gasteiger partial charge in [-0.2, -0.15) is 0 Å². The van der Waals surface area contributed by atoms with Gasteiger partial charge in [0.15, 0.2) is 0 Å². The van der Waals surface area contributed by atoms with Crippen LogP contribution < -0.4 is 5.73 Å². The first kappa shape index (κ1) is 30.2. The van der Waals surface area contributed by atoms with Gasteiger partial charge in [0.05, 0.1) is 0 Å². The number of hydrogen-bond acceptors (Lipinski definition) is 1. The highest BCUT2D eigenvalue weighted by Crippen LogP contribution is 2.16. The Morgan fingerprint density at radius 3 is 1.44 bits per heavy atom. The zero-order chi connectivity index (χ0) is 23.5. The van der Waals surface area contributed by atoms with E-state index in [1.54, 1.807) is 0 Å². The highest BCUT2D eigenvalue weighted by molar-refractivity contribution is 5.76. The largest absolute Gasteiger partial charge is 0.369 e. The topological polar surface area (TPSA) is 43.1 Å². The van der Waals surface area contributed by atoms with Gasteiger partial charge in [-0.1, -0.05) is 145 Å². The van der Waals surface area contributed by atoms with Crippen molar-refractivity contribution in [1.82, 2.24) is 0 Å². The second kappa shape index (κ2) is 25.4. The van der Waals surface area contributed by atoms with Crippen molar-refractivity contribution in [1.29, 1.82) is 0 Å². The summed E-state index contributed by atoms with van der Waals surface area (Å²) in [5.74, 6) is -0.0275. The highest BCUT2D eigenvalue weighted by Gasteiger charge is 2.11. The molecule has 2 nitrogen and oxygen atoms in total. The molecule has 2 heteroatoms.